The lowest BCUT2D eigenvalue weighted by Crippen LogP contribution is -2.47. The zero-order chi connectivity index (χ0) is 58.1. The van der Waals surface area contributed by atoms with Gasteiger partial charge in [-0.25, -0.2) is 0 Å². The Kier molecular flexibility index (Phi) is 23.8. The van der Waals surface area contributed by atoms with Crippen LogP contribution >= 0.6 is 0 Å². The molecule has 0 amide bonds. The quantitative estimate of drug-likeness (QED) is 0.0474. The van der Waals surface area contributed by atoms with Crippen LogP contribution in [-0.4, -0.2) is 53.7 Å². The van der Waals surface area contributed by atoms with Gasteiger partial charge in [-0.1, -0.05) is 201 Å². The van der Waals surface area contributed by atoms with Crippen LogP contribution in [0.25, 0.3) is 0 Å². The molecular weight excluding hydrogens is 1030 g/mol. The molecule has 0 saturated carbocycles. The molecule has 2 atom stereocenters. The average molecular weight is 1140 g/mol. The van der Waals surface area contributed by atoms with E-state index < -0.39 is 53.8 Å². The molecule has 76 heavy (non-hydrogen) atoms. The second kappa shape index (κ2) is 26.6. The molecule has 1 aliphatic rings. The lowest BCUT2D eigenvalue weighted by molar-refractivity contribution is -0.155. The van der Waals surface area contributed by atoms with Gasteiger partial charge in [-0.3, -0.25) is 4.79 Å². The summed E-state index contributed by atoms with van der Waals surface area (Å²) in [6, 6.07) is 8.39. The second-order valence-corrected chi connectivity index (χ2v) is 54.2. The van der Waals surface area contributed by atoms with E-state index in [0.29, 0.717) is 35.8 Å². The number of ether oxygens (including phenoxy) is 2. The number of carbonyl (C=O) groups excluding carboxylic acids is 1. The van der Waals surface area contributed by atoms with Crippen LogP contribution in [0.5, 0.6) is 34.5 Å². The molecule has 2 aromatic rings. The zero-order valence-electron chi connectivity index (χ0n) is 54.3. The van der Waals surface area contributed by atoms with Crippen LogP contribution < -0.4 is 26.9 Å². The number of fused-ring (bicyclic) bond motifs is 1. The van der Waals surface area contributed by atoms with Gasteiger partial charge < -0.3 is 31.6 Å². The minimum atomic E-state index is -2.48. The van der Waals surface area contributed by atoms with Gasteiger partial charge in [0.2, 0.25) is 16.6 Å². The first-order valence-corrected chi connectivity index (χ1v) is 44.7. The molecule has 0 N–H and O–H groups in total. The molecule has 0 spiro atoms. The molecule has 0 unspecified atom stereocenters. The van der Waals surface area contributed by atoms with Crippen molar-refractivity contribution in [1.29, 1.82) is 0 Å². The van der Waals surface area contributed by atoms with Gasteiger partial charge in [0.05, 0.1) is 0 Å². The van der Waals surface area contributed by atoms with E-state index in [1.165, 1.54) is 77.0 Å². The molecule has 0 radical (unpaired) electrons. The first kappa shape index (κ1) is 68.1. The summed E-state index contributed by atoms with van der Waals surface area (Å²) >= 11 is 0. The van der Waals surface area contributed by atoms with E-state index in [0.717, 1.165) is 41.9 Å². The van der Waals surface area contributed by atoms with Gasteiger partial charge in [0, 0.05) is 36.1 Å². The highest BCUT2D eigenvalue weighted by atomic mass is 28.4. The summed E-state index contributed by atoms with van der Waals surface area (Å²) in [5.74, 6) is 3.97. The van der Waals surface area contributed by atoms with Crippen LogP contribution in [0.15, 0.2) is 24.3 Å². The summed E-state index contributed by atoms with van der Waals surface area (Å²) in [5, 5.41) is -0.407. The SMILES string of the molecule is CCCCCCCCCCCCCCCCCC(=O)O[C@@H]1Cc2c(cc(O[Si](C)(C)C(C)(C)C)cc2O[Si](C)(C)C(C)(C)C)O[C@@H]1c1cc(O[Si](C)(C)C(C)(C)C)c(O[Si](C)(C)C(C)(C)C)c(O[Si](C)(C)C(C)(C)C)c1. The summed E-state index contributed by atoms with van der Waals surface area (Å²) in [6.45, 7) is 59.2. The fourth-order valence-electron chi connectivity index (χ4n) is 7.98. The Hall–Kier alpha value is -2.21. The Labute approximate surface area is 474 Å². The Morgan fingerprint density at radius 2 is 0.803 bits per heavy atom. The molecule has 8 nitrogen and oxygen atoms in total. The first-order chi connectivity index (χ1) is 34.5. The third kappa shape index (κ3) is 19.2. The summed E-state index contributed by atoms with van der Waals surface area (Å²) in [5.41, 5.74) is 1.73. The van der Waals surface area contributed by atoms with Crippen molar-refractivity contribution in [3.8, 4) is 34.5 Å². The standard InChI is InChI=1S/C63H118O8Si5/c1-27-28-29-30-31-32-33-34-35-36-37-38-39-40-41-42-56(64)65-53-47-50-51(45-49(67-72(17,18)59(2,3)4)46-52(50)68-73(19,20)60(5,6)7)66-57(53)48-43-54(69-74(21,22)61(8,9)10)58(71-76(25,26)63(14,15)16)55(44-48)70-75(23,24)62(11,12)13/h43-46,53,57H,27-42,47H2,1-26H3/t53-,57-/m1/s1. The van der Waals surface area contributed by atoms with Crippen molar-refractivity contribution < 1.29 is 36.4 Å². The van der Waals surface area contributed by atoms with E-state index in [2.05, 4.69) is 201 Å². The minimum absolute atomic E-state index is 0.0337. The van der Waals surface area contributed by atoms with Gasteiger partial charge in [-0.05, 0) is 109 Å². The largest absolute Gasteiger partial charge is 0.543 e. The summed E-state index contributed by atoms with van der Waals surface area (Å²) in [6.07, 6.45) is 18.5. The number of esters is 1. The molecule has 0 aromatic heterocycles. The topological polar surface area (TPSA) is 81.7 Å². The van der Waals surface area contributed by atoms with Gasteiger partial charge in [-0.2, -0.15) is 0 Å². The second-order valence-electron chi connectivity index (χ2n) is 30.5. The third-order valence-electron chi connectivity index (χ3n) is 18.6. The molecule has 1 heterocycles. The summed E-state index contributed by atoms with van der Waals surface area (Å²) < 4.78 is 50.8. The number of hydrogen-bond acceptors (Lipinski definition) is 8. The predicted molar refractivity (Wildman–Crippen MR) is 339 cm³/mol. The van der Waals surface area contributed by atoms with Gasteiger partial charge in [-0.15, -0.1) is 0 Å². The first-order valence-electron chi connectivity index (χ1n) is 30.1. The Morgan fingerprint density at radius 3 is 1.18 bits per heavy atom. The van der Waals surface area contributed by atoms with E-state index in [9.17, 15) is 4.79 Å². The molecule has 0 aliphatic carbocycles. The van der Waals surface area contributed by atoms with E-state index in [1.807, 2.05) is 0 Å². The normalized spacial score (nSPS) is 16.4. The van der Waals surface area contributed by atoms with Crippen molar-refractivity contribution in [3.05, 3.63) is 35.4 Å². The Bertz CT molecular complexity index is 2100. The monoisotopic (exact) mass is 1140 g/mol. The maximum atomic E-state index is 14.3. The summed E-state index contributed by atoms with van der Waals surface area (Å²) in [4.78, 5) is 14.3. The zero-order valence-corrected chi connectivity index (χ0v) is 59.3. The highest BCUT2D eigenvalue weighted by molar-refractivity contribution is 6.77. The Morgan fingerprint density at radius 1 is 0.461 bits per heavy atom. The molecule has 2 aromatic carbocycles. The van der Waals surface area contributed by atoms with Gasteiger partial charge in [0.25, 0.3) is 25.0 Å². The fourth-order valence-corrected chi connectivity index (χ4v) is 13.1. The average Bonchev–Trinajstić information content (AvgIpc) is 3.23. The highest BCUT2D eigenvalue weighted by Gasteiger charge is 2.48. The Balaban J connectivity index is 2.22. The third-order valence-corrected chi connectivity index (χ3v) is 40.3. The maximum Gasteiger partial charge on any atom is 0.306 e. The molecule has 0 bridgehead atoms. The lowest BCUT2D eigenvalue weighted by atomic mass is 9.93. The van der Waals surface area contributed by atoms with E-state index >= 15 is 0 Å². The number of benzene rings is 2. The molecule has 438 valence electrons. The van der Waals surface area contributed by atoms with Crippen LogP contribution in [0.3, 0.4) is 0 Å². The molecule has 1 aliphatic heterocycles. The molecular formula is C63H118O8Si5. The highest BCUT2D eigenvalue weighted by Crippen LogP contribution is 2.53. The number of rotatable bonds is 28. The lowest BCUT2D eigenvalue weighted by Gasteiger charge is -2.42. The predicted octanol–water partition coefficient (Wildman–Crippen LogP) is 21.5. The molecule has 0 fully saturated rings. The van der Waals surface area contributed by atoms with Gasteiger partial charge in [0.15, 0.2) is 11.9 Å². The van der Waals surface area contributed by atoms with Crippen molar-refractivity contribution in [1.82, 2.24) is 0 Å². The van der Waals surface area contributed by atoms with Crippen LogP contribution in [0.1, 0.15) is 231 Å². The maximum absolute atomic E-state index is 14.3. The van der Waals surface area contributed by atoms with Crippen molar-refractivity contribution in [2.75, 3.05) is 0 Å². The van der Waals surface area contributed by atoms with E-state index in [1.54, 1.807) is 0 Å². The molecule has 3 rings (SSSR count). The van der Waals surface area contributed by atoms with Crippen molar-refractivity contribution >= 4 is 47.6 Å². The fraction of sp³-hybridized carbons (Fsp3) is 0.794. The number of unbranched alkanes of at least 4 members (excludes halogenated alkanes) is 14. The van der Waals surface area contributed by atoms with E-state index in [4.69, 9.17) is 31.6 Å². The van der Waals surface area contributed by atoms with E-state index in [-0.39, 0.29) is 31.2 Å². The van der Waals surface area contributed by atoms with Gasteiger partial charge >= 0.3 is 5.97 Å². The minimum Gasteiger partial charge on any atom is -0.543 e. The molecule has 0 saturated heterocycles. The van der Waals surface area contributed by atoms with Crippen molar-refractivity contribution in [3.63, 3.8) is 0 Å². The van der Waals surface area contributed by atoms with Crippen LogP contribution in [0, 0.1) is 0 Å². The van der Waals surface area contributed by atoms with Gasteiger partial charge in [0.1, 0.15) is 34.9 Å². The number of hydrogen-bond donors (Lipinski definition) is 0. The van der Waals surface area contributed by atoms with Crippen LogP contribution in [-0.2, 0) is 16.0 Å². The van der Waals surface area contributed by atoms with Crippen LogP contribution in [0.2, 0.25) is 90.7 Å². The van der Waals surface area contributed by atoms with Crippen molar-refractivity contribution in [2.45, 2.75) is 323 Å². The van der Waals surface area contributed by atoms with Crippen molar-refractivity contribution in [2.24, 2.45) is 0 Å². The molecule has 13 heteroatoms. The summed E-state index contributed by atoms with van der Waals surface area (Å²) in [7, 11) is -12.1. The van der Waals surface area contributed by atoms with Crippen LogP contribution in [0.4, 0.5) is 0 Å². The number of carbonyl (C=O) groups is 1. The smallest absolute Gasteiger partial charge is 0.306 e.